The second-order valence-electron chi connectivity index (χ2n) is 6.07. The highest BCUT2D eigenvalue weighted by Crippen LogP contribution is 2.16. The molecule has 136 valence electrons. The molecule has 1 aromatic heterocycles. The van der Waals surface area contributed by atoms with E-state index in [4.69, 9.17) is 4.74 Å². The summed E-state index contributed by atoms with van der Waals surface area (Å²) in [4.78, 5) is 29.8. The van der Waals surface area contributed by atoms with Gasteiger partial charge in [0.05, 0.1) is 25.1 Å². The predicted octanol–water partition coefficient (Wildman–Crippen LogP) is 1.81. The normalized spacial score (nSPS) is 14.0. The zero-order valence-electron chi connectivity index (χ0n) is 14.7. The summed E-state index contributed by atoms with van der Waals surface area (Å²) in [5.74, 6) is 0.602. The van der Waals surface area contributed by atoms with Gasteiger partial charge in [0.1, 0.15) is 5.82 Å². The number of amides is 2. The molecule has 0 atom stereocenters. The van der Waals surface area contributed by atoms with E-state index in [9.17, 15) is 9.59 Å². The smallest absolute Gasteiger partial charge is 0.255 e. The summed E-state index contributed by atoms with van der Waals surface area (Å²) < 4.78 is 5.33. The lowest BCUT2D eigenvalue weighted by atomic mass is 10.1. The number of anilines is 2. The van der Waals surface area contributed by atoms with E-state index in [0.29, 0.717) is 31.0 Å². The first-order chi connectivity index (χ1) is 12.6. The monoisotopic (exact) mass is 354 g/mol. The molecule has 0 aliphatic carbocycles. The van der Waals surface area contributed by atoms with Gasteiger partial charge in [-0.3, -0.25) is 9.59 Å². The van der Waals surface area contributed by atoms with Crippen molar-refractivity contribution in [3.63, 3.8) is 0 Å². The molecule has 1 aliphatic heterocycles. The standard InChI is InChI=1S/C19H22N4O3/c1-14(24)20-12-15-2-4-16(5-3-15)19(25)22-17-6-7-18(21-13-17)23-8-10-26-11-9-23/h2-7,13H,8-12H2,1H3,(H,20,24)(H,22,25). The third-order valence-electron chi connectivity index (χ3n) is 4.10. The third-order valence-corrected chi connectivity index (χ3v) is 4.10. The Bertz CT molecular complexity index is 753. The van der Waals surface area contributed by atoms with Gasteiger partial charge in [0, 0.05) is 32.1 Å². The summed E-state index contributed by atoms with van der Waals surface area (Å²) in [5, 5.41) is 5.57. The molecule has 0 saturated carbocycles. The first-order valence-electron chi connectivity index (χ1n) is 8.55. The summed E-state index contributed by atoms with van der Waals surface area (Å²) >= 11 is 0. The highest BCUT2D eigenvalue weighted by Gasteiger charge is 2.12. The summed E-state index contributed by atoms with van der Waals surface area (Å²) in [5.41, 5.74) is 2.14. The van der Waals surface area contributed by atoms with E-state index >= 15 is 0 Å². The second kappa shape index (κ2) is 8.44. The topological polar surface area (TPSA) is 83.6 Å². The van der Waals surface area contributed by atoms with Gasteiger partial charge < -0.3 is 20.3 Å². The van der Waals surface area contributed by atoms with Gasteiger partial charge in [0.2, 0.25) is 5.91 Å². The maximum absolute atomic E-state index is 12.3. The number of ether oxygens (including phenoxy) is 1. The lowest BCUT2D eigenvalue weighted by Crippen LogP contribution is -2.36. The van der Waals surface area contributed by atoms with E-state index in [1.54, 1.807) is 18.3 Å². The molecule has 7 nitrogen and oxygen atoms in total. The van der Waals surface area contributed by atoms with Crippen molar-refractivity contribution in [2.45, 2.75) is 13.5 Å². The zero-order valence-corrected chi connectivity index (χ0v) is 14.7. The number of carbonyl (C=O) groups is 2. The lowest BCUT2D eigenvalue weighted by molar-refractivity contribution is -0.119. The van der Waals surface area contributed by atoms with Crippen LogP contribution in [0.3, 0.4) is 0 Å². The van der Waals surface area contributed by atoms with Crippen LogP contribution in [0.1, 0.15) is 22.8 Å². The Morgan fingerprint density at radius 1 is 1.12 bits per heavy atom. The Kier molecular flexibility index (Phi) is 5.80. The fourth-order valence-corrected chi connectivity index (χ4v) is 2.64. The Labute approximate surface area is 152 Å². The van der Waals surface area contributed by atoms with Gasteiger partial charge in [0.25, 0.3) is 5.91 Å². The molecule has 2 amide bonds. The van der Waals surface area contributed by atoms with Crippen LogP contribution in [0.15, 0.2) is 42.6 Å². The van der Waals surface area contributed by atoms with Crippen molar-refractivity contribution in [3.05, 3.63) is 53.7 Å². The predicted molar refractivity (Wildman–Crippen MR) is 99.2 cm³/mol. The number of nitrogens with zero attached hydrogens (tertiary/aromatic N) is 2. The van der Waals surface area contributed by atoms with E-state index in [1.807, 2.05) is 24.3 Å². The van der Waals surface area contributed by atoms with Crippen LogP contribution in [-0.2, 0) is 16.1 Å². The quantitative estimate of drug-likeness (QED) is 0.856. The maximum atomic E-state index is 12.3. The van der Waals surface area contributed by atoms with Crippen LogP contribution in [0.25, 0.3) is 0 Å². The Balaban J connectivity index is 1.57. The average molecular weight is 354 g/mol. The van der Waals surface area contributed by atoms with Crippen molar-refractivity contribution in [1.29, 1.82) is 0 Å². The molecule has 0 bridgehead atoms. The number of hydrogen-bond donors (Lipinski definition) is 2. The molecule has 0 unspecified atom stereocenters. The van der Waals surface area contributed by atoms with E-state index in [0.717, 1.165) is 24.5 Å². The van der Waals surface area contributed by atoms with Crippen LogP contribution in [0.5, 0.6) is 0 Å². The van der Waals surface area contributed by atoms with Gasteiger partial charge in [-0.15, -0.1) is 0 Å². The Hall–Kier alpha value is -2.93. The maximum Gasteiger partial charge on any atom is 0.255 e. The number of nitrogens with one attached hydrogen (secondary N) is 2. The van der Waals surface area contributed by atoms with Crippen molar-refractivity contribution in [1.82, 2.24) is 10.3 Å². The summed E-state index contributed by atoms with van der Waals surface area (Å²) in [6, 6.07) is 10.9. The molecule has 3 rings (SSSR count). The van der Waals surface area contributed by atoms with E-state index in [1.165, 1.54) is 6.92 Å². The molecule has 2 heterocycles. The van der Waals surface area contributed by atoms with Gasteiger partial charge in [-0.2, -0.15) is 0 Å². The van der Waals surface area contributed by atoms with Crippen molar-refractivity contribution < 1.29 is 14.3 Å². The molecule has 7 heteroatoms. The number of pyridine rings is 1. The molecular formula is C19H22N4O3. The van der Waals surface area contributed by atoms with Crippen LogP contribution in [-0.4, -0.2) is 43.1 Å². The fraction of sp³-hybridized carbons (Fsp3) is 0.316. The van der Waals surface area contributed by atoms with Gasteiger partial charge in [-0.1, -0.05) is 12.1 Å². The SMILES string of the molecule is CC(=O)NCc1ccc(C(=O)Nc2ccc(N3CCOCC3)nc2)cc1. The molecule has 26 heavy (non-hydrogen) atoms. The average Bonchev–Trinajstić information content (AvgIpc) is 2.68. The van der Waals surface area contributed by atoms with Crippen LogP contribution in [0.2, 0.25) is 0 Å². The van der Waals surface area contributed by atoms with Gasteiger partial charge in [0.15, 0.2) is 0 Å². The minimum atomic E-state index is -0.197. The molecule has 0 radical (unpaired) electrons. The largest absolute Gasteiger partial charge is 0.378 e. The van der Waals surface area contributed by atoms with Crippen LogP contribution < -0.4 is 15.5 Å². The lowest BCUT2D eigenvalue weighted by Gasteiger charge is -2.27. The van der Waals surface area contributed by atoms with Crippen LogP contribution in [0, 0.1) is 0 Å². The van der Waals surface area contributed by atoms with Crippen molar-refractivity contribution in [2.75, 3.05) is 36.5 Å². The van der Waals surface area contributed by atoms with Gasteiger partial charge >= 0.3 is 0 Å². The molecule has 2 N–H and O–H groups in total. The Morgan fingerprint density at radius 2 is 1.85 bits per heavy atom. The van der Waals surface area contributed by atoms with E-state index in [-0.39, 0.29) is 11.8 Å². The molecular weight excluding hydrogens is 332 g/mol. The number of benzene rings is 1. The molecule has 1 saturated heterocycles. The first kappa shape index (κ1) is 17.9. The number of hydrogen-bond acceptors (Lipinski definition) is 5. The van der Waals surface area contributed by atoms with E-state index in [2.05, 4.69) is 20.5 Å². The minimum Gasteiger partial charge on any atom is -0.378 e. The van der Waals surface area contributed by atoms with Crippen molar-refractivity contribution >= 4 is 23.3 Å². The Morgan fingerprint density at radius 3 is 2.46 bits per heavy atom. The fourth-order valence-electron chi connectivity index (χ4n) is 2.64. The molecule has 1 aliphatic rings. The minimum absolute atomic E-state index is 0.0835. The second-order valence-corrected chi connectivity index (χ2v) is 6.07. The molecule has 2 aromatic rings. The summed E-state index contributed by atoms with van der Waals surface area (Å²) in [6.07, 6.45) is 1.66. The zero-order chi connectivity index (χ0) is 18.4. The van der Waals surface area contributed by atoms with Gasteiger partial charge in [-0.25, -0.2) is 4.98 Å². The first-order valence-corrected chi connectivity index (χ1v) is 8.55. The summed E-state index contributed by atoms with van der Waals surface area (Å²) in [7, 11) is 0. The third kappa shape index (κ3) is 4.80. The number of morpholine rings is 1. The molecule has 1 aromatic carbocycles. The van der Waals surface area contributed by atoms with Crippen molar-refractivity contribution in [2.24, 2.45) is 0 Å². The van der Waals surface area contributed by atoms with Crippen LogP contribution in [0.4, 0.5) is 11.5 Å². The molecule has 1 fully saturated rings. The number of aromatic nitrogens is 1. The summed E-state index contributed by atoms with van der Waals surface area (Å²) in [6.45, 7) is 4.98. The van der Waals surface area contributed by atoms with Crippen molar-refractivity contribution in [3.8, 4) is 0 Å². The number of rotatable bonds is 5. The highest BCUT2D eigenvalue weighted by atomic mass is 16.5. The molecule has 0 spiro atoms. The van der Waals surface area contributed by atoms with E-state index < -0.39 is 0 Å². The highest BCUT2D eigenvalue weighted by molar-refractivity contribution is 6.04. The van der Waals surface area contributed by atoms with Crippen LogP contribution >= 0.6 is 0 Å². The van der Waals surface area contributed by atoms with Gasteiger partial charge in [-0.05, 0) is 29.8 Å². The number of carbonyl (C=O) groups excluding carboxylic acids is 2.